The molecule has 200 valence electrons. The smallest absolute Gasteiger partial charge is 0.324 e. The van der Waals surface area contributed by atoms with Crippen molar-refractivity contribution >= 4 is 35.0 Å². The molecule has 2 heterocycles. The van der Waals surface area contributed by atoms with Gasteiger partial charge in [-0.05, 0) is 67.9 Å². The van der Waals surface area contributed by atoms with Gasteiger partial charge in [-0.25, -0.2) is 9.97 Å². The van der Waals surface area contributed by atoms with Gasteiger partial charge in [0.2, 0.25) is 0 Å². The maximum Gasteiger partial charge on any atom is 0.324 e. The molecule has 1 aromatic heterocycles. The molecule has 2 fully saturated rings. The number of carbonyl (C=O) groups is 1. The number of piperazine rings is 1. The second-order valence-electron chi connectivity index (χ2n) is 10.1. The van der Waals surface area contributed by atoms with E-state index in [2.05, 4.69) is 27.3 Å². The quantitative estimate of drug-likeness (QED) is 0.376. The van der Waals surface area contributed by atoms with Crippen LogP contribution in [-0.2, 0) is 28.9 Å². The van der Waals surface area contributed by atoms with Crippen LogP contribution in [0.25, 0.3) is 11.3 Å². The second kappa shape index (κ2) is 12.4. The lowest BCUT2D eigenvalue weighted by Gasteiger charge is -2.33. The van der Waals surface area contributed by atoms with E-state index in [9.17, 15) is 4.79 Å². The van der Waals surface area contributed by atoms with Gasteiger partial charge < -0.3 is 15.8 Å². The van der Waals surface area contributed by atoms with Gasteiger partial charge in [0.1, 0.15) is 18.0 Å². The zero-order valence-electron chi connectivity index (χ0n) is 21.3. The first-order chi connectivity index (χ1) is 18.5. The Labute approximate surface area is 233 Å². The fourth-order valence-corrected chi connectivity index (χ4v) is 5.81. The molecular formula is C29H33Cl2N5O2. The predicted molar refractivity (Wildman–Crippen MR) is 151 cm³/mol. The van der Waals surface area contributed by atoms with E-state index in [-0.39, 0.29) is 18.1 Å². The minimum atomic E-state index is -0.287. The summed E-state index contributed by atoms with van der Waals surface area (Å²) in [5, 5.41) is 4.59. The summed E-state index contributed by atoms with van der Waals surface area (Å²) in [4.78, 5) is 24.2. The third-order valence-electron chi connectivity index (χ3n) is 7.31. The van der Waals surface area contributed by atoms with Crippen molar-refractivity contribution in [3.05, 3.63) is 75.5 Å². The van der Waals surface area contributed by atoms with E-state index in [1.165, 1.54) is 0 Å². The van der Waals surface area contributed by atoms with Gasteiger partial charge in [0.25, 0.3) is 0 Å². The average Bonchev–Trinajstić information content (AvgIpc) is 3.43. The molecule has 2 aromatic carbocycles. The number of carbonyl (C=O) groups excluding carboxylic acids is 1. The molecule has 7 nitrogen and oxygen atoms in total. The Morgan fingerprint density at radius 3 is 2.66 bits per heavy atom. The van der Waals surface area contributed by atoms with Gasteiger partial charge in [-0.1, -0.05) is 47.5 Å². The molecule has 3 aromatic rings. The van der Waals surface area contributed by atoms with Crippen LogP contribution < -0.4 is 11.1 Å². The highest BCUT2D eigenvalue weighted by Gasteiger charge is 2.29. The molecule has 0 bridgehead atoms. The summed E-state index contributed by atoms with van der Waals surface area (Å²) in [6.07, 6.45) is 7.26. The first kappa shape index (κ1) is 26.9. The van der Waals surface area contributed by atoms with Crippen LogP contribution in [0.3, 0.4) is 0 Å². The summed E-state index contributed by atoms with van der Waals surface area (Å²) < 4.78 is 5.74. The third kappa shape index (κ3) is 6.64. The fraction of sp³-hybridized carbons (Fsp3) is 0.414. The van der Waals surface area contributed by atoms with Crippen molar-refractivity contribution in [2.45, 2.75) is 57.2 Å². The topological polar surface area (TPSA) is 93.4 Å². The minimum Gasteiger partial charge on any atom is -0.461 e. The number of nitrogens with one attached hydrogen (secondary N) is 1. The Kier molecular flexibility index (Phi) is 8.79. The number of benzene rings is 2. The first-order valence-corrected chi connectivity index (χ1v) is 14.0. The Morgan fingerprint density at radius 1 is 1.11 bits per heavy atom. The van der Waals surface area contributed by atoms with Crippen molar-refractivity contribution in [1.29, 1.82) is 0 Å². The van der Waals surface area contributed by atoms with Crippen LogP contribution in [0.1, 0.15) is 42.5 Å². The predicted octanol–water partition coefficient (Wildman–Crippen LogP) is 5.08. The van der Waals surface area contributed by atoms with Crippen LogP contribution in [0.5, 0.6) is 0 Å². The van der Waals surface area contributed by atoms with E-state index in [1.807, 2.05) is 30.3 Å². The van der Waals surface area contributed by atoms with Crippen molar-refractivity contribution in [1.82, 2.24) is 20.2 Å². The van der Waals surface area contributed by atoms with Crippen LogP contribution in [-0.4, -0.2) is 52.6 Å². The highest BCUT2D eigenvalue weighted by atomic mass is 35.5. The molecule has 2 aliphatic rings. The molecule has 1 aliphatic carbocycles. The van der Waals surface area contributed by atoms with Gasteiger partial charge in [0.05, 0.1) is 17.6 Å². The zero-order valence-corrected chi connectivity index (χ0v) is 22.8. The largest absolute Gasteiger partial charge is 0.461 e. The number of anilines is 1. The van der Waals surface area contributed by atoms with Crippen LogP contribution in [0, 0.1) is 0 Å². The van der Waals surface area contributed by atoms with Gasteiger partial charge in [-0.3, -0.25) is 9.69 Å². The van der Waals surface area contributed by atoms with Crippen molar-refractivity contribution in [2.75, 3.05) is 25.4 Å². The van der Waals surface area contributed by atoms with E-state index >= 15 is 0 Å². The van der Waals surface area contributed by atoms with E-state index in [1.54, 1.807) is 6.20 Å². The molecular weight excluding hydrogens is 521 g/mol. The average molecular weight is 555 g/mol. The number of hydrogen-bond donors (Lipinski definition) is 2. The van der Waals surface area contributed by atoms with Gasteiger partial charge in [-0.15, -0.1) is 0 Å². The Balaban J connectivity index is 1.24. The van der Waals surface area contributed by atoms with E-state index < -0.39 is 0 Å². The lowest BCUT2D eigenvalue weighted by atomic mass is 10.1. The van der Waals surface area contributed by atoms with Crippen molar-refractivity contribution in [2.24, 2.45) is 0 Å². The molecule has 0 radical (unpaired) electrons. The van der Waals surface area contributed by atoms with Crippen LogP contribution in [0.4, 0.5) is 5.82 Å². The number of nitrogen functional groups attached to an aromatic ring is 1. The number of halogens is 2. The number of nitrogens with zero attached hydrogens (tertiary/aromatic N) is 3. The zero-order chi connectivity index (χ0) is 26.5. The summed E-state index contributed by atoms with van der Waals surface area (Å²) >= 11 is 12.7. The van der Waals surface area contributed by atoms with Gasteiger partial charge in [0.15, 0.2) is 0 Å². The summed E-state index contributed by atoms with van der Waals surface area (Å²) in [5.74, 6) is 0.280. The van der Waals surface area contributed by atoms with Gasteiger partial charge in [0, 0.05) is 41.8 Å². The van der Waals surface area contributed by atoms with Crippen LogP contribution >= 0.6 is 23.2 Å². The molecule has 38 heavy (non-hydrogen) atoms. The number of esters is 1. The molecule has 1 aliphatic heterocycles. The van der Waals surface area contributed by atoms with E-state index in [0.717, 1.165) is 73.4 Å². The van der Waals surface area contributed by atoms with Crippen LogP contribution in [0.2, 0.25) is 10.0 Å². The highest BCUT2D eigenvalue weighted by Crippen LogP contribution is 2.27. The molecule has 0 amide bonds. The summed E-state index contributed by atoms with van der Waals surface area (Å²) in [5.41, 5.74) is 10.6. The lowest BCUT2D eigenvalue weighted by Crippen LogP contribution is -2.54. The van der Waals surface area contributed by atoms with Gasteiger partial charge >= 0.3 is 5.97 Å². The van der Waals surface area contributed by atoms with Crippen molar-refractivity contribution < 1.29 is 9.53 Å². The molecule has 1 atom stereocenters. The standard InChI is InChI=1S/C29H33Cl2N5O2/c30-23-9-4-10-24(31)22(23)11-12-25-28(32)34-16-26(35-25)20-6-3-5-19(15-20)17-36-14-13-33-27(18-36)29(37)38-21-7-1-2-8-21/h3-6,9-10,15-16,21,27,33H,1-2,7-8,11-14,17-18H2,(H2,32,34)/t27-/m0/s1. The fourth-order valence-electron chi connectivity index (χ4n) is 5.23. The molecule has 1 saturated heterocycles. The Hall–Kier alpha value is -2.71. The maximum atomic E-state index is 12.7. The molecule has 0 spiro atoms. The molecule has 0 unspecified atom stereocenters. The molecule has 3 N–H and O–H groups in total. The van der Waals surface area contributed by atoms with E-state index in [4.69, 9.17) is 38.7 Å². The highest BCUT2D eigenvalue weighted by molar-refractivity contribution is 6.36. The summed E-state index contributed by atoms with van der Waals surface area (Å²) in [7, 11) is 0. The number of nitrogens with two attached hydrogens (primary N) is 1. The number of ether oxygens (including phenoxy) is 1. The lowest BCUT2D eigenvalue weighted by molar-refractivity contribution is -0.152. The molecule has 9 heteroatoms. The number of aromatic nitrogens is 2. The summed E-state index contributed by atoms with van der Waals surface area (Å²) in [6, 6.07) is 13.5. The third-order valence-corrected chi connectivity index (χ3v) is 8.02. The SMILES string of the molecule is Nc1ncc(-c2cccc(CN3CCN[C@H](C(=O)OC4CCCC4)C3)c2)nc1CCc1c(Cl)cccc1Cl. The van der Waals surface area contributed by atoms with Crippen LogP contribution in [0.15, 0.2) is 48.7 Å². The molecule has 1 saturated carbocycles. The number of aryl methyl sites for hydroxylation is 1. The summed E-state index contributed by atoms with van der Waals surface area (Å²) in [6.45, 7) is 3.00. The Bertz CT molecular complexity index is 1260. The Morgan fingerprint density at radius 2 is 1.87 bits per heavy atom. The second-order valence-corrected chi connectivity index (χ2v) is 10.9. The minimum absolute atomic E-state index is 0.0870. The van der Waals surface area contributed by atoms with Gasteiger partial charge in [-0.2, -0.15) is 0 Å². The van der Waals surface area contributed by atoms with E-state index in [0.29, 0.717) is 35.2 Å². The molecule has 5 rings (SSSR count). The number of rotatable bonds is 8. The number of hydrogen-bond acceptors (Lipinski definition) is 7. The normalized spacial score (nSPS) is 18.5. The van der Waals surface area contributed by atoms with Crippen molar-refractivity contribution in [3.63, 3.8) is 0 Å². The first-order valence-electron chi connectivity index (χ1n) is 13.3. The maximum absolute atomic E-state index is 12.7. The van der Waals surface area contributed by atoms with Crippen molar-refractivity contribution in [3.8, 4) is 11.3 Å². The monoisotopic (exact) mass is 553 g/mol.